The van der Waals surface area contributed by atoms with Crippen LogP contribution in [0.2, 0.25) is 10.0 Å². The highest BCUT2D eigenvalue weighted by atomic mass is 35.5. The molecule has 1 atom stereocenters. The first kappa shape index (κ1) is 28.0. The van der Waals surface area contributed by atoms with Gasteiger partial charge in [-0.2, -0.15) is 0 Å². The van der Waals surface area contributed by atoms with Crippen molar-refractivity contribution in [3.63, 3.8) is 0 Å². The predicted octanol–water partition coefficient (Wildman–Crippen LogP) is 7.50. The minimum Gasteiger partial charge on any atom is -0.465 e. The molecule has 0 aliphatic rings. The molecule has 0 amide bonds. The van der Waals surface area contributed by atoms with E-state index >= 15 is 0 Å². The SMILES string of the molecule is CCOC(=O)C(CC=Cc1ccc(Cl)cc1)(CCCc1ccc(Cl)cc1)S(=O)(=O)c1ccc(C)cc1. The molecule has 0 saturated heterocycles. The van der Waals surface area contributed by atoms with Crippen molar-refractivity contribution >= 4 is 45.1 Å². The van der Waals surface area contributed by atoms with Crippen LogP contribution in [-0.2, 0) is 25.8 Å². The Bertz CT molecular complexity index is 1280. The largest absolute Gasteiger partial charge is 0.465 e. The fourth-order valence-electron chi connectivity index (χ4n) is 4.04. The van der Waals surface area contributed by atoms with Crippen molar-refractivity contribution in [1.82, 2.24) is 0 Å². The molecule has 0 spiro atoms. The van der Waals surface area contributed by atoms with Crippen molar-refractivity contribution in [2.24, 2.45) is 0 Å². The molecule has 0 heterocycles. The van der Waals surface area contributed by atoms with Crippen LogP contribution in [0.3, 0.4) is 0 Å². The van der Waals surface area contributed by atoms with Gasteiger partial charge in [0.15, 0.2) is 14.6 Å². The third-order valence-electron chi connectivity index (χ3n) is 6.08. The number of esters is 1. The molecule has 3 aromatic rings. The van der Waals surface area contributed by atoms with Crippen molar-refractivity contribution in [2.45, 2.75) is 49.2 Å². The van der Waals surface area contributed by atoms with Gasteiger partial charge in [0.2, 0.25) is 0 Å². The van der Waals surface area contributed by atoms with E-state index in [4.69, 9.17) is 27.9 Å². The summed E-state index contributed by atoms with van der Waals surface area (Å²) >= 11 is 12.0. The maximum Gasteiger partial charge on any atom is 0.328 e. The van der Waals surface area contributed by atoms with Crippen molar-refractivity contribution in [3.8, 4) is 0 Å². The molecule has 3 aromatic carbocycles. The minimum atomic E-state index is -4.09. The summed E-state index contributed by atoms with van der Waals surface area (Å²) in [5.41, 5.74) is 2.80. The molecule has 0 saturated carbocycles. The topological polar surface area (TPSA) is 60.4 Å². The first-order valence-corrected chi connectivity index (χ1v) is 14.1. The van der Waals surface area contributed by atoms with Gasteiger partial charge >= 0.3 is 5.97 Å². The average molecular weight is 546 g/mol. The molecule has 0 N–H and O–H groups in total. The van der Waals surface area contributed by atoms with Gasteiger partial charge in [0.05, 0.1) is 11.5 Å². The minimum absolute atomic E-state index is 0.0225. The highest BCUT2D eigenvalue weighted by Crippen LogP contribution is 2.36. The van der Waals surface area contributed by atoms with Crippen LogP contribution in [0.25, 0.3) is 6.08 Å². The number of ether oxygens (including phenoxy) is 1. The summed E-state index contributed by atoms with van der Waals surface area (Å²) in [5.74, 6) is -0.734. The molecule has 0 aliphatic carbocycles. The van der Waals surface area contributed by atoms with Gasteiger partial charge in [-0.1, -0.05) is 77.3 Å². The van der Waals surface area contributed by atoms with E-state index in [0.717, 1.165) is 16.7 Å². The zero-order valence-electron chi connectivity index (χ0n) is 20.4. The Balaban J connectivity index is 2.00. The van der Waals surface area contributed by atoms with E-state index in [1.165, 1.54) is 0 Å². The van der Waals surface area contributed by atoms with Crippen LogP contribution in [0.4, 0.5) is 0 Å². The number of halogens is 2. The van der Waals surface area contributed by atoms with Crippen LogP contribution < -0.4 is 0 Å². The second-order valence-corrected chi connectivity index (χ2v) is 11.8. The molecule has 4 nitrogen and oxygen atoms in total. The number of allylic oxidation sites excluding steroid dienone is 1. The lowest BCUT2D eigenvalue weighted by molar-refractivity contribution is -0.146. The third kappa shape index (κ3) is 6.78. The number of benzene rings is 3. The monoisotopic (exact) mass is 544 g/mol. The lowest BCUT2D eigenvalue weighted by Gasteiger charge is -2.30. The van der Waals surface area contributed by atoms with Crippen molar-refractivity contribution in [2.75, 3.05) is 6.61 Å². The van der Waals surface area contributed by atoms with E-state index in [0.29, 0.717) is 22.9 Å². The summed E-state index contributed by atoms with van der Waals surface area (Å²) < 4.78 is 31.8. The molecule has 7 heteroatoms. The molecule has 1 unspecified atom stereocenters. The predicted molar refractivity (Wildman–Crippen MR) is 147 cm³/mol. The van der Waals surface area contributed by atoms with Gasteiger partial charge in [-0.05, 0) is 87.1 Å². The average Bonchev–Trinajstić information content (AvgIpc) is 2.85. The van der Waals surface area contributed by atoms with Crippen LogP contribution in [0.5, 0.6) is 0 Å². The summed E-state index contributed by atoms with van der Waals surface area (Å²) in [6, 6.07) is 21.2. The first-order chi connectivity index (χ1) is 17.2. The number of hydrogen-bond donors (Lipinski definition) is 0. The molecule has 0 radical (unpaired) electrons. The smallest absolute Gasteiger partial charge is 0.328 e. The number of carbonyl (C=O) groups is 1. The quantitative estimate of drug-likeness (QED) is 0.234. The maximum atomic E-state index is 14.1. The van der Waals surface area contributed by atoms with E-state index in [1.807, 2.05) is 31.2 Å². The second-order valence-electron chi connectivity index (χ2n) is 8.67. The molecule has 0 aliphatic heterocycles. The van der Waals surface area contributed by atoms with Gasteiger partial charge in [0.25, 0.3) is 0 Å². The number of aryl methyl sites for hydroxylation is 2. The number of sulfone groups is 1. The highest BCUT2D eigenvalue weighted by molar-refractivity contribution is 7.93. The van der Waals surface area contributed by atoms with Crippen molar-refractivity contribution in [3.05, 3.63) is 106 Å². The zero-order chi connectivity index (χ0) is 26.2. The molecule has 3 rings (SSSR count). The van der Waals surface area contributed by atoms with Gasteiger partial charge in [-0.15, -0.1) is 0 Å². The Morgan fingerprint density at radius 2 is 1.50 bits per heavy atom. The van der Waals surface area contributed by atoms with Gasteiger partial charge < -0.3 is 4.74 Å². The molecule has 0 bridgehead atoms. The first-order valence-electron chi connectivity index (χ1n) is 11.8. The van der Waals surface area contributed by atoms with E-state index < -0.39 is 20.6 Å². The van der Waals surface area contributed by atoms with Crippen molar-refractivity contribution in [1.29, 1.82) is 0 Å². The van der Waals surface area contributed by atoms with Crippen LogP contribution in [0, 0.1) is 6.92 Å². The molecule has 190 valence electrons. The molecule has 0 fully saturated rings. The fourth-order valence-corrected chi connectivity index (χ4v) is 6.24. The standard InChI is InChI=1S/C29H30Cl2O4S/c1-3-35-28(32)29(20-4-6-23-10-14-25(30)15-11-23,21-5-7-24-12-16-26(31)17-13-24)36(33,34)27-18-8-22(2)9-19-27/h4,6,8-19H,3,5,7,20-21H2,1-2H3. The van der Waals surface area contributed by atoms with E-state index in [-0.39, 0.29) is 24.3 Å². The molecular weight excluding hydrogens is 515 g/mol. The van der Waals surface area contributed by atoms with E-state index in [2.05, 4.69) is 0 Å². The Kier molecular flexibility index (Phi) is 9.77. The van der Waals surface area contributed by atoms with Gasteiger partial charge in [0, 0.05) is 10.0 Å². The van der Waals surface area contributed by atoms with Gasteiger partial charge in [-0.3, -0.25) is 4.79 Å². The summed E-state index contributed by atoms with van der Waals surface area (Å²) in [4.78, 5) is 13.6. The van der Waals surface area contributed by atoms with Gasteiger partial charge in [-0.25, -0.2) is 8.42 Å². The summed E-state index contributed by atoms with van der Waals surface area (Å²) in [6.45, 7) is 3.65. The highest BCUT2D eigenvalue weighted by Gasteiger charge is 2.51. The van der Waals surface area contributed by atoms with Gasteiger partial charge in [0.1, 0.15) is 0 Å². The number of carbonyl (C=O) groups excluding carboxylic acids is 1. The maximum absolute atomic E-state index is 14.1. The lowest BCUT2D eigenvalue weighted by Crippen LogP contribution is -2.47. The summed E-state index contributed by atoms with van der Waals surface area (Å²) in [5, 5.41) is 1.24. The second kappa shape index (κ2) is 12.6. The van der Waals surface area contributed by atoms with E-state index in [1.54, 1.807) is 67.6 Å². The van der Waals surface area contributed by atoms with Crippen LogP contribution >= 0.6 is 23.2 Å². The number of rotatable bonds is 11. The van der Waals surface area contributed by atoms with E-state index in [9.17, 15) is 13.2 Å². The summed E-state index contributed by atoms with van der Waals surface area (Å²) in [6.07, 6.45) is 4.69. The Hall–Kier alpha value is -2.60. The van der Waals surface area contributed by atoms with Crippen LogP contribution in [0.15, 0.2) is 83.8 Å². The summed E-state index contributed by atoms with van der Waals surface area (Å²) in [7, 11) is -4.09. The molecule has 0 aromatic heterocycles. The molecule has 36 heavy (non-hydrogen) atoms. The Labute approximate surface area is 223 Å². The molecular formula is C29H30Cl2O4S. The zero-order valence-corrected chi connectivity index (χ0v) is 22.7. The lowest BCUT2D eigenvalue weighted by atomic mass is 9.95. The number of hydrogen-bond acceptors (Lipinski definition) is 4. The normalized spacial score (nSPS) is 13.4. The Morgan fingerprint density at radius 1 is 0.917 bits per heavy atom. The van der Waals surface area contributed by atoms with Crippen molar-refractivity contribution < 1.29 is 17.9 Å². The van der Waals surface area contributed by atoms with Crippen LogP contribution in [-0.4, -0.2) is 25.7 Å². The fraction of sp³-hybridized carbons (Fsp3) is 0.276. The van der Waals surface area contributed by atoms with Crippen LogP contribution in [0.1, 0.15) is 42.9 Å². The third-order valence-corrected chi connectivity index (χ3v) is 9.04. The Morgan fingerprint density at radius 3 is 2.08 bits per heavy atom.